The SMILES string of the molecule is CCCCCCCCCCC(CC(C)=O)OC. The van der Waals surface area contributed by atoms with Crippen molar-refractivity contribution in [3.63, 3.8) is 0 Å². The van der Waals surface area contributed by atoms with Crippen molar-refractivity contribution < 1.29 is 9.53 Å². The number of Topliss-reactive ketones (excluding diaryl/α,β-unsaturated/α-hetero) is 1. The molecule has 0 fully saturated rings. The summed E-state index contributed by atoms with van der Waals surface area (Å²) in [6, 6.07) is 0. The van der Waals surface area contributed by atoms with Crippen LogP contribution in [0.25, 0.3) is 0 Å². The van der Waals surface area contributed by atoms with Crippen molar-refractivity contribution in [3.05, 3.63) is 0 Å². The molecule has 0 aliphatic heterocycles. The van der Waals surface area contributed by atoms with Crippen LogP contribution in [0.5, 0.6) is 0 Å². The summed E-state index contributed by atoms with van der Waals surface area (Å²) < 4.78 is 5.30. The third-order valence-corrected chi connectivity index (χ3v) is 3.23. The van der Waals surface area contributed by atoms with Gasteiger partial charge in [-0.15, -0.1) is 0 Å². The molecule has 0 saturated carbocycles. The van der Waals surface area contributed by atoms with Crippen LogP contribution in [0.2, 0.25) is 0 Å². The van der Waals surface area contributed by atoms with Crippen molar-refractivity contribution in [2.45, 2.75) is 84.2 Å². The van der Waals surface area contributed by atoms with E-state index in [2.05, 4.69) is 6.92 Å². The van der Waals surface area contributed by atoms with Crippen molar-refractivity contribution in [1.29, 1.82) is 0 Å². The second kappa shape index (κ2) is 12.1. The molecule has 0 spiro atoms. The van der Waals surface area contributed by atoms with E-state index in [0.717, 1.165) is 6.42 Å². The van der Waals surface area contributed by atoms with Gasteiger partial charge in [-0.1, -0.05) is 58.3 Å². The molecular weight excluding hydrogens is 212 g/mol. The summed E-state index contributed by atoms with van der Waals surface area (Å²) >= 11 is 0. The first-order valence-electron chi connectivity index (χ1n) is 7.23. The number of unbranched alkanes of at least 4 members (excludes halogenated alkanes) is 7. The maximum Gasteiger partial charge on any atom is 0.132 e. The highest BCUT2D eigenvalue weighted by atomic mass is 16.5. The van der Waals surface area contributed by atoms with Crippen LogP contribution in [-0.4, -0.2) is 19.0 Å². The van der Waals surface area contributed by atoms with Crippen LogP contribution in [-0.2, 0) is 9.53 Å². The Labute approximate surface area is 107 Å². The fraction of sp³-hybridized carbons (Fsp3) is 0.933. The molecule has 1 unspecified atom stereocenters. The second-order valence-electron chi connectivity index (χ2n) is 5.03. The quantitative estimate of drug-likeness (QED) is 0.471. The number of rotatable bonds is 12. The number of hydrogen-bond acceptors (Lipinski definition) is 2. The van der Waals surface area contributed by atoms with Crippen LogP contribution in [0.4, 0.5) is 0 Å². The topological polar surface area (TPSA) is 26.3 Å². The van der Waals surface area contributed by atoms with Crippen LogP contribution in [0, 0.1) is 0 Å². The standard InChI is InChI=1S/C15H30O2/c1-4-5-6-7-8-9-10-11-12-15(17-3)13-14(2)16/h15H,4-13H2,1-3H3. The average molecular weight is 242 g/mol. The van der Waals surface area contributed by atoms with Crippen molar-refractivity contribution in [1.82, 2.24) is 0 Å². The number of methoxy groups -OCH3 is 1. The van der Waals surface area contributed by atoms with Crippen molar-refractivity contribution in [2.24, 2.45) is 0 Å². The third kappa shape index (κ3) is 11.9. The maximum atomic E-state index is 11.0. The first-order chi connectivity index (χ1) is 8.20. The van der Waals surface area contributed by atoms with Crippen LogP contribution in [0.15, 0.2) is 0 Å². The molecule has 0 aromatic carbocycles. The molecule has 0 heterocycles. The average Bonchev–Trinajstić information content (AvgIpc) is 2.30. The minimum Gasteiger partial charge on any atom is -0.381 e. The molecule has 1 atom stereocenters. The molecule has 0 N–H and O–H groups in total. The third-order valence-electron chi connectivity index (χ3n) is 3.23. The largest absolute Gasteiger partial charge is 0.381 e. The zero-order valence-corrected chi connectivity index (χ0v) is 12.0. The van der Waals surface area contributed by atoms with Gasteiger partial charge in [-0.25, -0.2) is 0 Å². The van der Waals surface area contributed by atoms with Gasteiger partial charge in [-0.3, -0.25) is 4.79 Å². The number of carbonyl (C=O) groups excluding carboxylic acids is 1. The van der Waals surface area contributed by atoms with Crippen molar-refractivity contribution in [2.75, 3.05) is 7.11 Å². The van der Waals surface area contributed by atoms with E-state index in [1.165, 1.54) is 51.4 Å². The lowest BCUT2D eigenvalue weighted by molar-refractivity contribution is -0.119. The summed E-state index contributed by atoms with van der Waals surface area (Å²) in [6.45, 7) is 3.89. The molecule has 0 aliphatic rings. The zero-order chi connectivity index (χ0) is 12.9. The summed E-state index contributed by atoms with van der Waals surface area (Å²) in [7, 11) is 1.71. The molecule has 0 aliphatic carbocycles. The van der Waals surface area contributed by atoms with Gasteiger partial charge >= 0.3 is 0 Å². The number of carbonyl (C=O) groups is 1. The molecule has 2 nitrogen and oxygen atoms in total. The Hall–Kier alpha value is -0.370. The van der Waals surface area contributed by atoms with Crippen LogP contribution >= 0.6 is 0 Å². The molecule has 102 valence electrons. The van der Waals surface area contributed by atoms with E-state index in [1.54, 1.807) is 14.0 Å². The van der Waals surface area contributed by atoms with E-state index in [-0.39, 0.29) is 11.9 Å². The number of hydrogen-bond donors (Lipinski definition) is 0. The maximum absolute atomic E-state index is 11.0. The van der Waals surface area contributed by atoms with Crippen LogP contribution in [0.1, 0.15) is 78.1 Å². The van der Waals surface area contributed by atoms with E-state index in [4.69, 9.17) is 4.74 Å². The van der Waals surface area contributed by atoms with E-state index < -0.39 is 0 Å². The lowest BCUT2D eigenvalue weighted by Crippen LogP contribution is -2.14. The summed E-state index contributed by atoms with van der Waals surface area (Å²) in [5.41, 5.74) is 0. The zero-order valence-electron chi connectivity index (χ0n) is 12.0. The smallest absolute Gasteiger partial charge is 0.132 e. The van der Waals surface area contributed by atoms with Crippen molar-refractivity contribution in [3.8, 4) is 0 Å². The molecule has 0 aromatic rings. The summed E-state index contributed by atoms with van der Waals surface area (Å²) in [5, 5.41) is 0. The molecule has 0 amide bonds. The highest BCUT2D eigenvalue weighted by Crippen LogP contribution is 2.13. The van der Waals surface area contributed by atoms with E-state index in [9.17, 15) is 4.79 Å². The first-order valence-corrected chi connectivity index (χ1v) is 7.23. The minimum atomic E-state index is 0.146. The van der Waals surface area contributed by atoms with Gasteiger partial charge in [0.15, 0.2) is 0 Å². The van der Waals surface area contributed by atoms with Crippen LogP contribution < -0.4 is 0 Å². The Balaban J connectivity index is 3.28. The second-order valence-corrected chi connectivity index (χ2v) is 5.03. The predicted octanol–water partition coefficient (Wildman–Crippen LogP) is 4.51. The summed E-state index contributed by atoms with van der Waals surface area (Å²) in [4.78, 5) is 11.0. The van der Waals surface area contributed by atoms with Gasteiger partial charge in [0.25, 0.3) is 0 Å². The molecule has 0 aromatic heterocycles. The Morgan fingerprint density at radius 3 is 2.00 bits per heavy atom. The number of ether oxygens (including phenoxy) is 1. The Bertz CT molecular complexity index is 178. The lowest BCUT2D eigenvalue weighted by Gasteiger charge is -2.13. The van der Waals surface area contributed by atoms with E-state index in [0.29, 0.717) is 6.42 Å². The predicted molar refractivity (Wildman–Crippen MR) is 73.3 cm³/mol. The normalized spacial score (nSPS) is 12.6. The highest BCUT2D eigenvalue weighted by Gasteiger charge is 2.09. The van der Waals surface area contributed by atoms with Crippen LogP contribution in [0.3, 0.4) is 0 Å². The number of ketones is 1. The Morgan fingerprint density at radius 1 is 1.00 bits per heavy atom. The van der Waals surface area contributed by atoms with Gasteiger partial charge in [-0.05, 0) is 13.3 Å². The highest BCUT2D eigenvalue weighted by molar-refractivity contribution is 5.75. The lowest BCUT2D eigenvalue weighted by atomic mass is 10.0. The monoisotopic (exact) mass is 242 g/mol. The van der Waals surface area contributed by atoms with Gasteiger partial charge in [0.2, 0.25) is 0 Å². The van der Waals surface area contributed by atoms with E-state index in [1.807, 2.05) is 0 Å². The van der Waals surface area contributed by atoms with Gasteiger partial charge in [0, 0.05) is 13.5 Å². The van der Waals surface area contributed by atoms with Gasteiger partial charge in [0.05, 0.1) is 6.10 Å². The molecular formula is C15H30O2. The molecule has 0 bridgehead atoms. The summed E-state index contributed by atoms with van der Waals surface area (Å²) in [6.07, 6.45) is 12.4. The van der Waals surface area contributed by atoms with Gasteiger partial charge in [0.1, 0.15) is 5.78 Å². The fourth-order valence-electron chi connectivity index (χ4n) is 2.13. The Kier molecular flexibility index (Phi) is 11.8. The Morgan fingerprint density at radius 2 is 1.53 bits per heavy atom. The van der Waals surface area contributed by atoms with E-state index >= 15 is 0 Å². The first kappa shape index (κ1) is 16.6. The van der Waals surface area contributed by atoms with Gasteiger partial charge in [-0.2, -0.15) is 0 Å². The molecule has 2 heteroatoms. The molecule has 17 heavy (non-hydrogen) atoms. The fourth-order valence-corrected chi connectivity index (χ4v) is 2.13. The summed E-state index contributed by atoms with van der Waals surface area (Å²) in [5.74, 6) is 0.233. The molecule has 0 saturated heterocycles. The minimum absolute atomic E-state index is 0.146. The van der Waals surface area contributed by atoms with Crippen molar-refractivity contribution >= 4 is 5.78 Å². The molecule has 0 rings (SSSR count). The molecule has 0 radical (unpaired) electrons. The van der Waals surface area contributed by atoms with Gasteiger partial charge < -0.3 is 4.74 Å².